The molecule has 0 amide bonds. The second-order valence-electron chi connectivity index (χ2n) is 4.84. The van der Waals surface area contributed by atoms with E-state index in [2.05, 4.69) is 18.7 Å². The van der Waals surface area contributed by atoms with Crippen molar-refractivity contribution in [2.45, 2.75) is 51.2 Å². The maximum Gasteiger partial charge on any atom is 0.122 e. The highest BCUT2D eigenvalue weighted by atomic mass is 16.3. The molecule has 1 saturated heterocycles. The van der Waals surface area contributed by atoms with Gasteiger partial charge in [0.05, 0.1) is 12.3 Å². The zero-order valence-electron chi connectivity index (χ0n) is 10.2. The summed E-state index contributed by atoms with van der Waals surface area (Å²) in [5.74, 6) is 1.00. The van der Waals surface area contributed by atoms with Gasteiger partial charge in [0.25, 0.3) is 0 Å². The normalized spacial score (nSPS) is 29.2. The molecule has 1 aromatic rings. The lowest BCUT2D eigenvalue weighted by Crippen LogP contribution is -2.47. The Morgan fingerprint density at radius 3 is 2.62 bits per heavy atom. The lowest BCUT2D eigenvalue weighted by atomic mass is 9.94. The Hall–Kier alpha value is -0.800. The van der Waals surface area contributed by atoms with Gasteiger partial charge in [0, 0.05) is 18.6 Å². The standard InChI is InChI=1S/C13H22N2O/c1-10-5-3-6-11(2)15(10)12(9-14)13-7-4-8-16-13/h4,7-8,10-12H,3,5-6,9,14H2,1-2H3/t10-,11+,12?. The lowest BCUT2D eigenvalue weighted by molar-refractivity contribution is 0.0480. The van der Waals surface area contributed by atoms with Crippen molar-refractivity contribution in [3.8, 4) is 0 Å². The van der Waals surface area contributed by atoms with Crippen LogP contribution in [-0.4, -0.2) is 23.5 Å². The van der Waals surface area contributed by atoms with Crippen molar-refractivity contribution in [2.24, 2.45) is 5.73 Å². The minimum atomic E-state index is 0.236. The van der Waals surface area contributed by atoms with E-state index in [1.54, 1.807) is 6.26 Å². The first-order chi connectivity index (χ1) is 7.74. The summed E-state index contributed by atoms with van der Waals surface area (Å²) in [6, 6.07) is 5.41. The first kappa shape index (κ1) is 11.7. The van der Waals surface area contributed by atoms with E-state index in [1.165, 1.54) is 19.3 Å². The van der Waals surface area contributed by atoms with Crippen LogP contribution in [0.1, 0.15) is 44.9 Å². The fraction of sp³-hybridized carbons (Fsp3) is 0.692. The molecule has 1 aliphatic rings. The average Bonchev–Trinajstić information content (AvgIpc) is 2.77. The summed E-state index contributed by atoms with van der Waals surface area (Å²) in [7, 11) is 0. The van der Waals surface area contributed by atoms with Crippen molar-refractivity contribution in [3.05, 3.63) is 24.2 Å². The maximum absolute atomic E-state index is 5.92. The number of nitrogens with two attached hydrogens (primary N) is 1. The van der Waals surface area contributed by atoms with Crippen LogP contribution in [0.25, 0.3) is 0 Å². The van der Waals surface area contributed by atoms with Gasteiger partial charge < -0.3 is 10.2 Å². The summed E-state index contributed by atoms with van der Waals surface area (Å²) in [5, 5.41) is 0. The molecule has 1 unspecified atom stereocenters. The van der Waals surface area contributed by atoms with E-state index in [9.17, 15) is 0 Å². The van der Waals surface area contributed by atoms with Crippen LogP contribution in [0.15, 0.2) is 22.8 Å². The van der Waals surface area contributed by atoms with Crippen LogP contribution in [0.2, 0.25) is 0 Å². The lowest BCUT2D eigenvalue weighted by Gasteiger charge is -2.43. The van der Waals surface area contributed by atoms with E-state index in [1.807, 2.05) is 12.1 Å². The Balaban J connectivity index is 2.19. The van der Waals surface area contributed by atoms with Crippen molar-refractivity contribution in [1.29, 1.82) is 0 Å². The summed E-state index contributed by atoms with van der Waals surface area (Å²) < 4.78 is 5.51. The van der Waals surface area contributed by atoms with Crippen LogP contribution in [0.3, 0.4) is 0 Å². The van der Waals surface area contributed by atoms with Gasteiger partial charge in [-0.15, -0.1) is 0 Å². The van der Waals surface area contributed by atoms with Crippen LogP contribution in [0.5, 0.6) is 0 Å². The fourth-order valence-electron chi connectivity index (χ4n) is 2.92. The highest BCUT2D eigenvalue weighted by Gasteiger charge is 2.32. The predicted molar refractivity (Wildman–Crippen MR) is 65.1 cm³/mol. The Morgan fingerprint density at radius 1 is 1.44 bits per heavy atom. The minimum absolute atomic E-state index is 0.236. The second-order valence-corrected chi connectivity index (χ2v) is 4.84. The molecule has 0 aromatic carbocycles. The smallest absolute Gasteiger partial charge is 0.122 e. The molecule has 2 N–H and O–H groups in total. The number of hydrogen-bond acceptors (Lipinski definition) is 3. The van der Waals surface area contributed by atoms with Crippen LogP contribution in [0, 0.1) is 0 Å². The SMILES string of the molecule is C[C@@H]1CCC[C@H](C)N1C(CN)c1ccco1. The largest absolute Gasteiger partial charge is 0.468 e. The molecular formula is C13H22N2O. The third kappa shape index (κ3) is 2.15. The van der Waals surface area contributed by atoms with Gasteiger partial charge >= 0.3 is 0 Å². The molecule has 3 atom stereocenters. The van der Waals surface area contributed by atoms with Gasteiger partial charge in [-0.1, -0.05) is 6.42 Å². The molecule has 0 spiro atoms. The monoisotopic (exact) mass is 222 g/mol. The van der Waals surface area contributed by atoms with Crippen molar-refractivity contribution < 1.29 is 4.42 Å². The third-order valence-corrected chi connectivity index (χ3v) is 3.72. The number of furan rings is 1. The van der Waals surface area contributed by atoms with Gasteiger partial charge in [0.2, 0.25) is 0 Å². The molecule has 0 bridgehead atoms. The third-order valence-electron chi connectivity index (χ3n) is 3.72. The topological polar surface area (TPSA) is 42.4 Å². The Morgan fingerprint density at radius 2 is 2.12 bits per heavy atom. The molecule has 90 valence electrons. The van der Waals surface area contributed by atoms with Crippen molar-refractivity contribution >= 4 is 0 Å². The highest BCUT2D eigenvalue weighted by Crippen LogP contribution is 2.31. The van der Waals surface area contributed by atoms with E-state index in [4.69, 9.17) is 10.2 Å². The van der Waals surface area contributed by atoms with E-state index >= 15 is 0 Å². The van der Waals surface area contributed by atoms with Gasteiger partial charge in [0.15, 0.2) is 0 Å². The second kappa shape index (κ2) is 5.02. The van der Waals surface area contributed by atoms with Gasteiger partial charge in [-0.3, -0.25) is 4.90 Å². The molecule has 1 fully saturated rings. The predicted octanol–water partition coefficient (Wildman–Crippen LogP) is 2.54. The first-order valence-electron chi connectivity index (χ1n) is 6.25. The Labute approximate surface area is 97.6 Å². The molecule has 2 heterocycles. The molecule has 0 radical (unpaired) electrons. The van der Waals surface area contributed by atoms with Crippen LogP contribution in [0.4, 0.5) is 0 Å². The number of nitrogens with zero attached hydrogens (tertiary/aromatic N) is 1. The van der Waals surface area contributed by atoms with E-state index in [0.717, 1.165) is 5.76 Å². The van der Waals surface area contributed by atoms with Gasteiger partial charge in [-0.2, -0.15) is 0 Å². The molecule has 3 nitrogen and oxygen atoms in total. The Bertz CT molecular complexity index is 300. The number of rotatable bonds is 3. The molecule has 0 aliphatic carbocycles. The molecule has 2 rings (SSSR count). The highest BCUT2D eigenvalue weighted by molar-refractivity contribution is 5.07. The van der Waals surface area contributed by atoms with Crippen molar-refractivity contribution in [1.82, 2.24) is 4.90 Å². The summed E-state index contributed by atoms with van der Waals surface area (Å²) in [6.45, 7) is 5.21. The summed E-state index contributed by atoms with van der Waals surface area (Å²) in [4.78, 5) is 2.52. The van der Waals surface area contributed by atoms with E-state index < -0.39 is 0 Å². The maximum atomic E-state index is 5.92. The zero-order chi connectivity index (χ0) is 11.5. The van der Waals surface area contributed by atoms with Crippen molar-refractivity contribution in [2.75, 3.05) is 6.54 Å². The number of likely N-dealkylation sites (tertiary alicyclic amines) is 1. The van der Waals surface area contributed by atoms with Crippen LogP contribution >= 0.6 is 0 Å². The zero-order valence-corrected chi connectivity index (χ0v) is 10.2. The quantitative estimate of drug-likeness (QED) is 0.854. The molecular weight excluding hydrogens is 200 g/mol. The van der Waals surface area contributed by atoms with Gasteiger partial charge in [-0.25, -0.2) is 0 Å². The summed E-state index contributed by atoms with van der Waals surface area (Å²) >= 11 is 0. The minimum Gasteiger partial charge on any atom is -0.468 e. The molecule has 1 aromatic heterocycles. The van der Waals surface area contributed by atoms with Gasteiger partial charge in [-0.05, 0) is 38.8 Å². The first-order valence-corrected chi connectivity index (χ1v) is 6.25. The molecule has 16 heavy (non-hydrogen) atoms. The summed E-state index contributed by atoms with van der Waals surface area (Å²) in [6.07, 6.45) is 5.59. The number of piperidine rings is 1. The Kier molecular flexibility index (Phi) is 3.66. The molecule has 0 saturated carbocycles. The van der Waals surface area contributed by atoms with Crippen molar-refractivity contribution in [3.63, 3.8) is 0 Å². The molecule has 3 heteroatoms. The fourth-order valence-corrected chi connectivity index (χ4v) is 2.92. The van der Waals surface area contributed by atoms with E-state index in [0.29, 0.717) is 18.6 Å². The average molecular weight is 222 g/mol. The van der Waals surface area contributed by atoms with Gasteiger partial charge in [0.1, 0.15) is 5.76 Å². The summed E-state index contributed by atoms with van der Waals surface area (Å²) in [5.41, 5.74) is 5.92. The van der Waals surface area contributed by atoms with Crippen LogP contribution in [-0.2, 0) is 0 Å². The molecule has 1 aliphatic heterocycles. The van der Waals surface area contributed by atoms with E-state index in [-0.39, 0.29) is 6.04 Å². The van der Waals surface area contributed by atoms with Crippen LogP contribution < -0.4 is 5.73 Å². The number of hydrogen-bond donors (Lipinski definition) is 1.